The third-order valence-corrected chi connectivity index (χ3v) is 5.15. The first-order valence-electron chi connectivity index (χ1n) is 9.74. The highest BCUT2D eigenvalue weighted by Gasteiger charge is 2.22. The molecule has 0 atom stereocenters. The van der Waals surface area contributed by atoms with E-state index in [0.29, 0.717) is 12.3 Å². The third kappa shape index (κ3) is 4.94. The number of hydrogen-bond donors (Lipinski definition) is 1. The molecule has 1 N–H and O–H groups in total. The molecule has 1 fully saturated rings. The largest absolute Gasteiger partial charge is 0.311 e. The molecule has 1 aliphatic heterocycles. The number of nitrogens with one attached hydrogen (secondary N) is 1. The van der Waals surface area contributed by atoms with Gasteiger partial charge in [0.1, 0.15) is 5.82 Å². The molecule has 0 radical (unpaired) electrons. The molecule has 1 amide bonds. The highest BCUT2D eigenvalue weighted by atomic mass is 16.1. The fourth-order valence-electron chi connectivity index (χ4n) is 3.66. The molecule has 1 saturated heterocycles. The second-order valence-electron chi connectivity index (χ2n) is 7.36. The van der Waals surface area contributed by atoms with Crippen molar-refractivity contribution in [3.05, 3.63) is 47.7 Å². The van der Waals surface area contributed by atoms with Crippen LogP contribution in [0, 0.1) is 12.8 Å². The Morgan fingerprint density at radius 1 is 1.23 bits per heavy atom. The van der Waals surface area contributed by atoms with Gasteiger partial charge in [-0.05, 0) is 50.8 Å². The van der Waals surface area contributed by atoms with E-state index in [4.69, 9.17) is 0 Å². The van der Waals surface area contributed by atoms with E-state index in [9.17, 15) is 4.79 Å². The van der Waals surface area contributed by atoms with Crippen LogP contribution in [0.25, 0.3) is 0 Å². The Morgan fingerprint density at radius 3 is 2.65 bits per heavy atom. The molecule has 0 bridgehead atoms. The topological polar surface area (TPSA) is 50.2 Å². The van der Waals surface area contributed by atoms with Gasteiger partial charge in [-0.25, -0.2) is 4.68 Å². The Hall–Kier alpha value is -2.14. The quantitative estimate of drug-likeness (QED) is 0.822. The van der Waals surface area contributed by atoms with Gasteiger partial charge in [-0.3, -0.25) is 9.69 Å². The molecule has 5 heteroatoms. The van der Waals surface area contributed by atoms with Gasteiger partial charge in [0.2, 0.25) is 5.91 Å². The van der Waals surface area contributed by atoms with Gasteiger partial charge in [0.05, 0.1) is 6.20 Å². The number of benzene rings is 1. The van der Waals surface area contributed by atoms with Crippen molar-refractivity contribution in [2.24, 2.45) is 5.92 Å². The Bertz CT molecular complexity index is 702. The molecule has 26 heavy (non-hydrogen) atoms. The van der Waals surface area contributed by atoms with Crippen LogP contribution in [0.5, 0.6) is 0 Å². The highest BCUT2D eigenvalue weighted by molar-refractivity contribution is 5.90. The van der Waals surface area contributed by atoms with Crippen LogP contribution in [-0.4, -0.2) is 33.7 Å². The number of nitrogens with zero attached hydrogens (tertiary/aromatic N) is 3. The summed E-state index contributed by atoms with van der Waals surface area (Å²) in [5.74, 6) is 1.45. The highest BCUT2D eigenvalue weighted by Crippen LogP contribution is 2.23. The van der Waals surface area contributed by atoms with Gasteiger partial charge < -0.3 is 5.32 Å². The summed E-state index contributed by atoms with van der Waals surface area (Å²) in [7, 11) is 0. The molecule has 1 aliphatic rings. The number of likely N-dealkylation sites (tertiary alicyclic amines) is 1. The smallest absolute Gasteiger partial charge is 0.225 e. The van der Waals surface area contributed by atoms with Crippen molar-refractivity contribution in [1.82, 2.24) is 14.7 Å². The van der Waals surface area contributed by atoms with Gasteiger partial charge in [0.25, 0.3) is 0 Å². The number of piperidine rings is 1. The maximum Gasteiger partial charge on any atom is 0.225 e. The Balaban J connectivity index is 1.46. The van der Waals surface area contributed by atoms with Crippen LogP contribution >= 0.6 is 0 Å². The van der Waals surface area contributed by atoms with Crippen molar-refractivity contribution in [3.8, 4) is 0 Å². The minimum atomic E-state index is 0.118. The standard InChI is InChI=1S/C21H30N4O/c1-3-11-25-21(17(2)15-22-25)23-20(26)14-18-9-12-24(13-10-18)16-19-7-5-4-6-8-19/h4-8,15,18H,3,9-14,16H2,1-2H3,(H,23,26). The van der Waals surface area contributed by atoms with E-state index in [1.807, 2.05) is 17.8 Å². The van der Waals surface area contributed by atoms with Crippen LogP contribution in [-0.2, 0) is 17.9 Å². The van der Waals surface area contributed by atoms with E-state index in [0.717, 1.165) is 56.8 Å². The van der Waals surface area contributed by atoms with E-state index < -0.39 is 0 Å². The van der Waals surface area contributed by atoms with Crippen LogP contribution < -0.4 is 5.32 Å². The molecule has 0 aliphatic carbocycles. The summed E-state index contributed by atoms with van der Waals surface area (Å²) in [5, 5.41) is 7.44. The lowest BCUT2D eigenvalue weighted by Gasteiger charge is -2.31. The molecule has 2 aromatic rings. The number of carbonyl (C=O) groups is 1. The first-order valence-corrected chi connectivity index (χ1v) is 9.74. The number of rotatable bonds is 7. The molecule has 2 heterocycles. The number of aromatic nitrogens is 2. The zero-order chi connectivity index (χ0) is 18.4. The normalized spacial score (nSPS) is 15.9. The molecule has 140 valence electrons. The van der Waals surface area contributed by atoms with Crippen molar-refractivity contribution >= 4 is 11.7 Å². The fraction of sp³-hybridized carbons (Fsp3) is 0.524. The Labute approximate surface area is 156 Å². The van der Waals surface area contributed by atoms with Gasteiger partial charge in [-0.2, -0.15) is 5.10 Å². The minimum absolute atomic E-state index is 0.118. The number of anilines is 1. The molecule has 1 aromatic heterocycles. The second kappa shape index (κ2) is 8.99. The lowest BCUT2D eigenvalue weighted by atomic mass is 9.93. The number of hydrogen-bond acceptors (Lipinski definition) is 3. The van der Waals surface area contributed by atoms with Crippen molar-refractivity contribution in [2.75, 3.05) is 18.4 Å². The van der Waals surface area contributed by atoms with E-state index in [1.165, 1.54) is 5.56 Å². The lowest BCUT2D eigenvalue weighted by Crippen LogP contribution is -2.34. The first kappa shape index (κ1) is 18.6. The summed E-state index contributed by atoms with van der Waals surface area (Å²) >= 11 is 0. The summed E-state index contributed by atoms with van der Waals surface area (Å²) < 4.78 is 1.90. The average Bonchev–Trinajstić information content (AvgIpc) is 2.98. The van der Waals surface area contributed by atoms with Crippen LogP contribution in [0.2, 0.25) is 0 Å². The van der Waals surface area contributed by atoms with Gasteiger partial charge in [-0.1, -0.05) is 37.3 Å². The summed E-state index contributed by atoms with van der Waals surface area (Å²) in [4.78, 5) is 15.0. The van der Waals surface area contributed by atoms with Crippen LogP contribution in [0.1, 0.15) is 43.7 Å². The summed E-state index contributed by atoms with van der Waals surface area (Å²) in [6, 6.07) is 10.6. The molecule has 3 rings (SSSR count). The Morgan fingerprint density at radius 2 is 1.96 bits per heavy atom. The minimum Gasteiger partial charge on any atom is -0.311 e. The Kier molecular flexibility index (Phi) is 6.45. The predicted molar refractivity (Wildman–Crippen MR) is 105 cm³/mol. The third-order valence-electron chi connectivity index (χ3n) is 5.15. The molecule has 1 aromatic carbocycles. The molecular weight excluding hydrogens is 324 g/mol. The number of carbonyl (C=O) groups excluding carboxylic acids is 1. The monoisotopic (exact) mass is 354 g/mol. The fourth-order valence-corrected chi connectivity index (χ4v) is 3.66. The van der Waals surface area contributed by atoms with Crippen LogP contribution in [0.3, 0.4) is 0 Å². The van der Waals surface area contributed by atoms with E-state index in [1.54, 1.807) is 0 Å². The van der Waals surface area contributed by atoms with Gasteiger partial charge >= 0.3 is 0 Å². The molecule has 0 spiro atoms. The van der Waals surface area contributed by atoms with Crippen LogP contribution in [0.4, 0.5) is 5.82 Å². The predicted octanol–water partition coefficient (Wildman–Crippen LogP) is 3.84. The van der Waals surface area contributed by atoms with Gasteiger partial charge in [0.15, 0.2) is 0 Å². The van der Waals surface area contributed by atoms with Crippen LogP contribution in [0.15, 0.2) is 36.5 Å². The molecule has 5 nitrogen and oxygen atoms in total. The summed E-state index contributed by atoms with van der Waals surface area (Å²) in [5.41, 5.74) is 2.40. The van der Waals surface area contributed by atoms with E-state index >= 15 is 0 Å². The first-order chi connectivity index (χ1) is 12.7. The number of amides is 1. The van der Waals surface area contributed by atoms with Crippen molar-refractivity contribution < 1.29 is 4.79 Å². The molecule has 0 saturated carbocycles. The average molecular weight is 354 g/mol. The van der Waals surface area contributed by atoms with E-state index in [2.05, 4.69) is 52.6 Å². The maximum atomic E-state index is 12.5. The van der Waals surface area contributed by atoms with Gasteiger partial charge in [-0.15, -0.1) is 0 Å². The van der Waals surface area contributed by atoms with E-state index in [-0.39, 0.29) is 5.91 Å². The van der Waals surface area contributed by atoms with Gasteiger partial charge in [0, 0.05) is 25.1 Å². The second-order valence-corrected chi connectivity index (χ2v) is 7.36. The zero-order valence-electron chi connectivity index (χ0n) is 15.9. The SMILES string of the molecule is CCCn1ncc(C)c1NC(=O)CC1CCN(Cc2ccccc2)CC1. The molecular formula is C21H30N4O. The number of aryl methyl sites for hydroxylation is 2. The molecule has 0 unspecified atom stereocenters. The lowest BCUT2D eigenvalue weighted by molar-refractivity contribution is -0.117. The van der Waals surface area contributed by atoms with Crippen molar-refractivity contribution in [1.29, 1.82) is 0 Å². The maximum absolute atomic E-state index is 12.5. The van der Waals surface area contributed by atoms with Crippen molar-refractivity contribution in [3.63, 3.8) is 0 Å². The summed E-state index contributed by atoms with van der Waals surface area (Å²) in [6.07, 6.45) is 5.62. The van der Waals surface area contributed by atoms with Crippen molar-refractivity contribution in [2.45, 2.75) is 52.6 Å². The summed E-state index contributed by atoms with van der Waals surface area (Å²) in [6.45, 7) is 8.10. The zero-order valence-corrected chi connectivity index (χ0v) is 15.9.